The van der Waals surface area contributed by atoms with Gasteiger partial charge in [-0.2, -0.15) is 5.10 Å². The fourth-order valence-corrected chi connectivity index (χ4v) is 2.85. The van der Waals surface area contributed by atoms with E-state index in [9.17, 15) is 9.59 Å². The molecule has 8 heteroatoms. The topological polar surface area (TPSA) is 98.1 Å². The smallest absolute Gasteiger partial charge is 0.255 e. The van der Waals surface area contributed by atoms with Crippen LogP contribution in [-0.2, 0) is 4.79 Å². The number of carbonyl (C=O) groups is 2. The van der Waals surface area contributed by atoms with Crippen LogP contribution in [0, 0.1) is 5.92 Å². The number of hydrogen-bond acceptors (Lipinski definition) is 5. The molecule has 0 saturated heterocycles. The first-order valence-corrected chi connectivity index (χ1v) is 9.19. The number of carbonyl (C=O) groups excluding carboxylic acids is 2. The zero-order chi connectivity index (χ0) is 20.8. The molecule has 1 aromatic heterocycles. The van der Waals surface area contributed by atoms with Crippen molar-refractivity contribution < 1.29 is 14.3 Å². The number of hydrogen-bond donors (Lipinski definition) is 2. The fourth-order valence-electron chi connectivity index (χ4n) is 2.85. The molecule has 1 heterocycles. The number of nitrogens with zero attached hydrogens (tertiary/aromatic N) is 3. The highest BCUT2D eigenvalue weighted by atomic mass is 16.5. The highest BCUT2D eigenvalue weighted by Gasteiger charge is 2.26. The molecule has 2 N–H and O–H groups in total. The summed E-state index contributed by atoms with van der Waals surface area (Å²) in [6.07, 6.45) is 3.04. The van der Waals surface area contributed by atoms with Crippen LogP contribution in [0.5, 0.6) is 5.75 Å². The van der Waals surface area contributed by atoms with Gasteiger partial charge >= 0.3 is 0 Å². The van der Waals surface area contributed by atoms with Crippen molar-refractivity contribution in [1.82, 2.24) is 20.1 Å². The van der Waals surface area contributed by atoms with Crippen molar-refractivity contribution in [3.05, 3.63) is 66.7 Å². The molecule has 0 bridgehead atoms. The number of anilines is 1. The van der Waals surface area contributed by atoms with Crippen LogP contribution in [0.15, 0.2) is 61.2 Å². The van der Waals surface area contributed by atoms with Crippen molar-refractivity contribution in [2.24, 2.45) is 5.92 Å². The van der Waals surface area contributed by atoms with E-state index in [-0.39, 0.29) is 17.7 Å². The van der Waals surface area contributed by atoms with Crippen molar-refractivity contribution in [2.45, 2.75) is 19.9 Å². The number of para-hydroxylation sites is 1. The van der Waals surface area contributed by atoms with Crippen LogP contribution in [-0.4, -0.2) is 39.7 Å². The van der Waals surface area contributed by atoms with Crippen LogP contribution in [0.4, 0.5) is 5.69 Å². The quantitative estimate of drug-likeness (QED) is 0.643. The Balaban J connectivity index is 1.70. The normalized spacial score (nSPS) is 11.7. The molecule has 0 radical (unpaired) electrons. The lowest BCUT2D eigenvalue weighted by Gasteiger charge is -2.22. The Kier molecular flexibility index (Phi) is 6.23. The molecule has 0 aliphatic heterocycles. The standard InChI is InChI=1S/C21H23N5O3/c1-14(2)19(25-20(27)17-6-4-5-7-18(17)29-3)21(28)24-15-8-10-16(11-9-15)26-13-22-12-23-26/h4-14,19H,1-3H3,(H,24,28)(H,25,27). The third kappa shape index (κ3) is 4.78. The predicted octanol–water partition coefficient (Wildman–Crippen LogP) is 2.67. The molecule has 8 nitrogen and oxygen atoms in total. The number of amides is 2. The zero-order valence-electron chi connectivity index (χ0n) is 16.5. The molecule has 2 aromatic carbocycles. The van der Waals surface area contributed by atoms with Crippen LogP contribution < -0.4 is 15.4 Å². The Morgan fingerprint density at radius 2 is 1.79 bits per heavy atom. The number of benzene rings is 2. The summed E-state index contributed by atoms with van der Waals surface area (Å²) in [5.41, 5.74) is 1.83. The highest BCUT2D eigenvalue weighted by molar-refractivity contribution is 6.02. The molecule has 1 atom stereocenters. The first-order valence-electron chi connectivity index (χ1n) is 9.19. The molecule has 2 amide bonds. The number of methoxy groups -OCH3 is 1. The fraction of sp³-hybridized carbons (Fsp3) is 0.238. The largest absolute Gasteiger partial charge is 0.496 e. The molecule has 0 aliphatic carbocycles. The molecule has 0 aliphatic rings. The third-order valence-corrected chi connectivity index (χ3v) is 4.41. The number of rotatable bonds is 7. The number of aromatic nitrogens is 3. The van der Waals surface area contributed by atoms with E-state index in [1.54, 1.807) is 47.4 Å². The monoisotopic (exact) mass is 393 g/mol. The maximum absolute atomic E-state index is 12.8. The minimum absolute atomic E-state index is 0.108. The molecule has 3 aromatic rings. The maximum atomic E-state index is 12.8. The lowest BCUT2D eigenvalue weighted by atomic mass is 10.0. The van der Waals surface area contributed by atoms with Gasteiger partial charge in [-0.05, 0) is 42.3 Å². The summed E-state index contributed by atoms with van der Waals surface area (Å²) in [6, 6.07) is 13.4. The van der Waals surface area contributed by atoms with Crippen LogP contribution in [0.3, 0.4) is 0 Å². The van der Waals surface area contributed by atoms with E-state index in [0.717, 1.165) is 5.69 Å². The van der Waals surface area contributed by atoms with Gasteiger partial charge in [0.25, 0.3) is 5.91 Å². The summed E-state index contributed by atoms with van der Waals surface area (Å²) in [4.78, 5) is 29.4. The molecule has 3 rings (SSSR count). The molecular weight excluding hydrogens is 370 g/mol. The van der Waals surface area contributed by atoms with Gasteiger partial charge in [0.1, 0.15) is 24.4 Å². The first-order chi connectivity index (χ1) is 14.0. The third-order valence-electron chi connectivity index (χ3n) is 4.41. The van der Waals surface area contributed by atoms with Crippen LogP contribution in [0.1, 0.15) is 24.2 Å². The van der Waals surface area contributed by atoms with Gasteiger partial charge in [0.05, 0.1) is 18.4 Å². The second-order valence-corrected chi connectivity index (χ2v) is 6.77. The number of ether oxygens (including phenoxy) is 1. The summed E-state index contributed by atoms with van der Waals surface area (Å²) in [6.45, 7) is 3.75. The van der Waals surface area contributed by atoms with Gasteiger partial charge in [-0.1, -0.05) is 26.0 Å². The van der Waals surface area contributed by atoms with Crippen molar-refractivity contribution >= 4 is 17.5 Å². The van der Waals surface area contributed by atoms with E-state index in [1.165, 1.54) is 13.4 Å². The van der Waals surface area contributed by atoms with Gasteiger partial charge in [0.15, 0.2) is 0 Å². The van der Waals surface area contributed by atoms with Gasteiger partial charge in [0.2, 0.25) is 5.91 Å². The first kappa shape index (κ1) is 20.1. The molecule has 150 valence electrons. The van der Waals surface area contributed by atoms with Crippen molar-refractivity contribution in [2.75, 3.05) is 12.4 Å². The zero-order valence-corrected chi connectivity index (χ0v) is 16.5. The molecule has 0 fully saturated rings. The molecule has 0 spiro atoms. The van der Waals surface area contributed by atoms with Gasteiger partial charge in [-0.15, -0.1) is 0 Å². The average Bonchev–Trinajstić information content (AvgIpc) is 3.27. The van der Waals surface area contributed by atoms with E-state index < -0.39 is 6.04 Å². The Hall–Kier alpha value is -3.68. The molecular formula is C21H23N5O3. The van der Waals surface area contributed by atoms with Crippen molar-refractivity contribution in [1.29, 1.82) is 0 Å². The number of nitrogens with one attached hydrogen (secondary N) is 2. The maximum Gasteiger partial charge on any atom is 0.255 e. The molecule has 0 saturated carbocycles. The highest BCUT2D eigenvalue weighted by Crippen LogP contribution is 2.18. The van der Waals surface area contributed by atoms with Crippen molar-refractivity contribution in [3.63, 3.8) is 0 Å². The predicted molar refractivity (Wildman–Crippen MR) is 109 cm³/mol. The minimum Gasteiger partial charge on any atom is -0.496 e. The summed E-state index contributed by atoms with van der Waals surface area (Å²) in [5.74, 6) is -0.311. The van der Waals surface area contributed by atoms with Crippen LogP contribution in [0.25, 0.3) is 5.69 Å². The Morgan fingerprint density at radius 1 is 1.07 bits per heavy atom. The van der Waals surface area contributed by atoms with E-state index in [4.69, 9.17) is 4.74 Å². The molecule has 29 heavy (non-hydrogen) atoms. The van der Waals surface area contributed by atoms with E-state index in [2.05, 4.69) is 20.7 Å². The lowest BCUT2D eigenvalue weighted by molar-refractivity contribution is -0.118. The summed E-state index contributed by atoms with van der Waals surface area (Å²) in [7, 11) is 1.50. The average molecular weight is 393 g/mol. The van der Waals surface area contributed by atoms with Crippen LogP contribution >= 0.6 is 0 Å². The van der Waals surface area contributed by atoms with E-state index in [1.807, 2.05) is 26.0 Å². The van der Waals surface area contributed by atoms with E-state index >= 15 is 0 Å². The lowest BCUT2D eigenvalue weighted by Crippen LogP contribution is -2.47. The Morgan fingerprint density at radius 3 is 2.41 bits per heavy atom. The van der Waals surface area contributed by atoms with Crippen LogP contribution in [0.2, 0.25) is 0 Å². The Labute approximate surface area is 168 Å². The van der Waals surface area contributed by atoms with Crippen molar-refractivity contribution in [3.8, 4) is 11.4 Å². The van der Waals surface area contributed by atoms with Gasteiger partial charge in [0, 0.05) is 5.69 Å². The Bertz CT molecular complexity index is 968. The molecule has 1 unspecified atom stereocenters. The second kappa shape index (κ2) is 9.01. The van der Waals surface area contributed by atoms with Gasteiger partial charge < -0.3 is 15.4 Å². The summed E-state index contributed by atoms with van der Waals surface area (Å²) >= 11 is 0. The second-order valence-electron chi connectivity index (χ2n) is 6.77. The van der Waals surface area contributed by atoms with Gasteiger partial charge in [-0.3, -0.25) is 9.59 Å². The minimum atomic E-state index is -0.706. The van der Waals surface area contributed by atoms with E-state index in [0.29, 0.717) is 17.0 Å². The van der Waals surface area contributed by atoms with Gasteiger partial charge in [-0.25, -0.2) is 9.67 Å². The summed E-state index contributed by atoms with van der Waals surface area (Å²) in [5, 5.41) is 9.72. The summed E-state index contributed by atoms with van der Waals surface area (Å²) < 4.78 is 6.85. The SMILES string of the molecule is COc1ccccc1C(=O)NC(C(=O)Nc1ccc(-n2cncn2)cc1)C(C)C.